The van der Waals surface area contributed by atoms with Crippen molar-refractivity contribution in [1.82, 2.24) is 9.55 Å². The van der Waals surface area contributed by atoms with Crippen molar-refractivity contribution in [2.75, 3.05) is 6.67 Å². The number of nitrogens with two attached hydrogens (primary N) is 1. The van der Waals surface area contributed by atoms with E-state index < -0.39 is 6.67 Å². The number of H-pyrrole nitrogens is 1. The van der Waals surface area contributed by atoms with E-state index in [1.165, 1.54) is 4.57 Å². The van der Waals surface area contributed by atoms with E-state index in [-0.39, 0.29) is 18.6 Å². The van der Waals surface area contributed by atoms with E-state index in [0.29, 0.717) is 0 Å². The van der Waals surface area contributed by atoms with E-state index in [1.54, 1.807) is 0 Å². The van der Waals surface area contributed by atoms with Gasteiger partial charge in [-0.05, 0) is 12.8 Å². The van der Waals surface area contributed by atoms with Crippen LogP contribution < -0.4 is 11.4 Å². The van der Waals surface area contributed by atoms with Crippen LogP contribution in [0.15, 0.2) is 4.79 Å². The van der Waals surface area contributed by atoms with Gasteiger partial charge in [0.25, 0.3) is 0 Å². The summed E-state index contributed by atoms with van der Waals surface area (Å²) in [5.41, 5.74) is 5.84. The van der Waals surface area contributed by atoms with Crippen LogP contribution in [0.25, 0.3) is 0 Å². The number of alkyl halides is 1. The van der Waals surface area contributed by atoms with E-state index in [2.05, 4.69) is 10.7 Å². The fourth-order valence-corrected chi connectivity index (χ4v) is 1.57. The quantitative estimate of drug-likeness (QED) is 0.734. The third-order valence-corrected chi connectivity index (χ3v) is 2.17. The lowest BCUT2D eigenvalue weighted by Gasteiger charge is -2.03. The molecule has 0 fully saturated rings. The second-order valence-electron chi connectivity index (χ2n) is 3.04. The molecule has 0 bridgehead atoms. The lowest BCUT2D eigenvalue weighted by molar-refractivity contribution is -0.106. The van der Waals surface area contributed by atoms with Gasteiger partial charge < -0.3 is 10.7 Å². The predicted molar refractivity (Wildman–Crippen MR) is 60.0 cm³/mol. The molecule has 0 aliphatic heterocycles. The zero-order chi connectivity index (χ0) is 12.6. The first-order chi connectivity index (χ1) is 7.65. The Labute approximate surface area is 93.5 Å². The van der Waals surface area contributed by atoms with E-state index in [9.17, 15) is 9.18 Å². The molecule has 1 heterocycles. The van der Waals surface area contributed by atoms with Gasteiger partial charge in [-0.2, -0.15) is 0 Å². The highest BCUT2D eigenvalue weighted by molar-refractivity contribution is 5.42. The van der Waals surface area contributed by atoms with Gasteiger partial charge in [0.2, 0.25) is 6.41 Å². The maximum absolute atomic E-state index is 12.1. The molecule has 1 amide bonds. The summed E-state index contributed by atoms with van der Waals surface area (Å²) in [5, 5.41) is 0. The molecular formula is C10H18FN3O2. The molecule has 0 spiro atoms. The van der Waals surface area contributed by atoms with Crippen LogP contribution in [0.5, 0.6) is 0 Å². The highest BCUT2D eigenvalue weighted by Gasteiger charge is 2.09. The molecule has 0 radical (unpaired) electrons. The summed E-state index contributed by atoms with van der Waals surface area (Å²) in [7, 11) is 0. The molecule has 1 rings (SSSR count). The molecule has 6 heteroatoms. The summed E-state index contributed by atoms with van der Waals surface area (Å²) in [6.07, 6.45) is 1.81. The van der Waals surface area contributed by atoms with Gasteiger partial charge in [0.05, 0.1) is 6.54 Å². The molecule has 1 aromatic rings. The second-order valence-corrected chi connectivity index (χ2v) is 3.04. The molecule has 0 atom stereocenters. The third kappa shape index (κ3) is 3.52. The molecular weight excluding hydrogens is 213 g/mol. The number of halogens is 1. The highest BCUT2D eigenvalue weighted by Crippen LogP contribution is 2.05. The summed E-state index contributed by atoms with van der Waals surface area (Å²) < 4.78 is 13.6. The minimum atomic E-state index is -0.492. The molecule has 5 nitrogen and oxygen atoms in total. The Kier molecular flexibility index (Phi) is 6.91. The Balaban J connectivity index is 0.000000673. The van der Waals surface area contributed by atoms with Gasteiger partial charge >= 0.3 is 5.69 Å². The lowest BCUT2D eigenvalue weighted by Crippen LogP contribution is -2.19. The number of aryl methyl sites for hydroxylation is 1. The molecule has 0 aromatic carbocycles. The number of nitrogens with zero attached hydrogens (tertiary/aromatic N) is 1. The molecule has 0 aliphatic rings. The van der Waals surface area contributed by atoms with Crippen LogP contribution in [-0.4, -0.2) is 22.6 Å². The fourth-order valence-electron chi connectivity index (χ4n) is 1.57. The molecule has 1 aromatic heterocycles. The first-order valence-electron chi connectivity index (χ1n) is 5.18. The van der Waals surface area contributed by atoms with E-state index >= 15 is 0 Å². The topological polar surface area (TPSA) is 80.9 Å². The minimum absolute atomic E-state index is 0.165. The summed E-state index contributed by atoms with van der Waals surface area (Å²) in [4.78, 5) is 22.6. The number of aromatic amines is 1. The summed E-state index contributed by atoms with van der Waals surface area (Å²) >= 11 is 0. The van der Waals surface area contributed by atoms with Gasteiger partial charge in [0.15, 0.2) is 0 Å². The Hall–Kier alpha value is -1.59. The number of hydrogen-bond acceptors (Lipinski definition) is 2. The molecule has 3 N–H and O–H groups in total. The molecule has 92 valence electrons. The monoisotopic (exact) mass is 231 g/mol. The second kappa shape index (κ2) is 7.67. The molecule has 0 saturated heterocycles. The van der Waals surface area contributed by atoms with Crippen LogP contribution in [-0.2, 0) is 24.2 Å². The first-order valence-corrected chi connectivity index (χ1v) is 5.18. The largest absolute Gasteiger partial charge is 0.372 e. The first kappa shape index (κ1) is 14.4. The predicted octanol–water partition coefficient (Wildman–Crippen LogP) is 0.372. The number of hydrogen-bond donors (Lipinski definition) is 2. The van der Waals surface area contributed by atoms with Gasteiger partial charge in [-0.3, -0.25) is 9.36 Å². The van der Waals surface area contributed by atoms with Crippen molar-refractivity contribution in [2.45, 2.75) is 33.2 Å². The maximum Gasteiger partial charge on any atom is 0.326 e. The van der Waals surface area contributed by atoms with Gasteiger partial charge in [-0.15, -0.1) is 0 Å². The summed E-state index contributed by atoms with van der Waals surface area (Å²) in [6.45, 7) is 3.62. The van der Waals surface area contributed by atoms with Crippen molar-refractivity contribution >= 4 is 6.41 Å². The van der Waals surface area contributed by atoms with Gasteiger partial charge in [-0.1, -0.05) is 13.8 Å². The Morgan fingerprint density at radius 3 is 2.38 bits per heavy atom. The Morgan fingerprint density at radius 2 is 2.00 bits per heavy atom. The fraction of sp³-hybridized carbons (Fsp3) is 0.600. The van der Waals surface area contributed by atoms with Gasteiger partial charge in [0, 0.05) is 11.4 Å². The molecule has 0 aliphatic carbocycles. The standard InChI is InChI=1S/C9H15FN2O.CH3NO/c1-3-7-8(4-2)12(6-5-10)9(13)11-7;2-1-3/h3-6H2,1-2H3,(H,11,13);1H,(H2,2,3). The van der Waals surface area contributed by atoms with Crippen molar-refractivity contribution in [1.29, 1.82) is 0 Å². The normalized spacial score (nSPS) is 9.44. The number of nitrogens with one attached hydrogen (secondary N) is 1. The number of amides is 1. The Morgan fingerprint density at radius 1 is 1.44 bits per heavy atom. The zero-order valence-corrected chi connectivity index (χ0v) is 9.62. The van der Waals surface area contributed by atoms with Crippen molar-refractivity contribution in [3.63, 3.8) is 0 Å². The van der Waals surface area contributed by atoms with Crippen molar-refractivity contribution in [3.8, 4) is 0 Å². The van der Waals surface area contributed by atoms with E-state index in [4.69, 9.17) is 4.79 Å². The van der Waals surface area contributed by atoms with Crippen molar-refractivity contribution in [3.05, 3.63) is 21.9 Å². The SMILES string of the molecule is CCc1[nH]c(=O)n(CCF)c1CC.NC=O. The molecule has 16 heavy (non-hydrogen) atoms. The van der Waals surface area contributed by atoms with Crippen LogP contribution in [0.3, 0.4) is 0 Å². The molecule has 0 saturated carbocycles. The van der Waals surface area contributed by atoms with Crippen LogP contribution >= 0.6 is 0 Å². The lowest BCUT2D eigenvalue weighted by atomic mass is 10.2. The summed E-state index contributed by atoms with van der Waals surface area (Å²) in [5.74, 6) is 0. The van der Waals surface area contributed by atoms with Crippen LogP contribution in [0.4, 0.5) is 4.39 Å². The highest BCUT2D eigenvalue weighted by atomic mass is 19.1. The number of rotatable bonds is 4. The summed E-state index contributed by atoms with van der Waals surface area (Å²) in [6, 6.07) is 0. The maximum atomic E-state index is 12.1. The Bertz CT molecular complexity index is 371. The van der Waals surface area contributed by atoms with Crippen LogP contribution in [0.1, 0.15) is 25.2 Å². The number of carbonyl (C=O) groups excluding carboxylic acids is 1. The van der Waals surface area contributed by atoms with E-state index in [1.807, 2.05) is 13.8 Å². The number of aromatic nitrogens is 2. The molecule has 0 unspecified atom stereocenters. The van der Waals surface area contributed by atoms with Crippen LogP contribution in [0, 0.1) is 0 Å². The number of primary amides is 1. The van der Waals surface area contributed by atoms with E-state index in [0.717, 1.165) is 24.2 Å². The number of imidazole rings is 1. The van der Waals surface area contributed by atoms with Crippen molar-refractivity contribution < 1.29 is 9.18 Å². The van der Waals surface area contributed by atoms with Gasteiger partial charge in [0.1, 0.15) is 6.67 Å². The minimum Gasteiger partial charge on any atom is -0.372 e. The average molecular weight is 231 g/mol. The number of carbonyl (C=O) groups is 1. The van der Waals surface area contributed by atoms with Gasteiger partial charge in [-0.25, -0.2) is 9.18 Å². The smallest absolute Gasteiger partial charge is 0.326 e. The van der Waals surface area contributed by atoms with Crippen LogP contribution in [0.2, 0.25) is 0 Å². The van der Waals surface area contributed by atoms with Crippen molar-refractivity contribution in [2.24, 2.45) is 5.73 Å². The zero-order valence-electron chi connectivity index (χ0n) is 9.62. The average Bonchev–Trinajstić information content (AvgIpc) is 2.57. The third-order valence-electron chi connectivity index (χ3n) is 2.17.